The Morgan fingerprint density at radius 3 is 2.14 bits per heavy atom. The number of benzene rings is 3. The van der Waals surface area contributed by atoms with Crippen molar-refractivity contribution in [3.63, 3.8) is 0 Å². The van der Waals surface area contributed by atoms with E-state index in [-0.39, 0.29) is 23.8 Å². The van der Waals surface area contributed by atoms with Gasteiger partial charge in [0.15, 0.2) is 11.5 Å². The Labute approximate surface area is 213 Å². The van der Waals surface area contributed by atoms with Crippen LogP contribution in [0.3, 0.4) is 0 Å². The van der Waals surface area contributed by atoms with Gasteiger partial charge < -0.3 is 19.1 Å². The van der Waals surface area contributed by atoms with Crippen molar-refractivity contribution < 1.29 is 19.0 Å². The second kappa shape index (κ2) is 13.1. The first-order valence-corrected chi connectivity index (χ1v) is 12.3. The third kappa shape index (κ3) is 7.40. The van der Waals surface area contributed by atoms with Crippen molar-refractivity contribution in [3.05, 3.63) is 89.5 Å². The molecule has 0 heterocycles. The van der Waals surface area contributed by atoms with Gasteiger partial charge in [0, 0.05) is 19.0 Å². The fraction of sp³-hybridized carbons (Fsp3) is 0.345. The van der Waals surface area contributed by atoms with Crippen LogP contribution in [0, 0.1) is 0 Å². The van der Waals surface area contributed by atoms with Gasteiger partial charge in [-0.15, -0.1) is 11.6 Å². The summed E-state index contributed by atoms with van der Waals surface area (Å²) in [5, 5.41) is 0. The predicted octanol–water partition coefficient (Wildman–Crippen LogP) is 6.28. The van der Waals surface area contributed by atoms with Gasteiger partial charge in [-0.1, -0.05) is 48.5 Å². The minimum absolute atomic E-state index is 0.0649. The van der Waals surface area contributed by atoms with E-state index in [1.807, 2.05) is 62.4 Å². The van der Waals surface area contributed by atoms with E-state index < -0.39 is 0 Å². The average Bonchev–Trinajstić information content (AvgIpc) is 2.88. The Kier molecular flexibility index (Phi) is 9.86. The van der Waals surface area contributed by atoms with E-state index in [0.29, 0.717) is 24.6 Å². The molecule has 0 aliphatic heterocycles. The molecule has 35 heavy (non-hydrogen) atoms. The number of hydrogen-bond acceptors (Lipinski definition) is 4. The number of alkyl halides is 1. The highest BCUT2D eigenvalue weighted by molar-refractivity contribution is 6.27. The van der Waals surface area contributed by atoms with Crippen LogP contribution in [0.2, 0.25) is 0 Å². The summed E-state index contributed by atoms with van der Waals surface area (Å²) in [6.07, 6.45) is 0.877. The molecule has 6 heteroatoms. The van der Waals surface area contributed by atoms with Gasteiger partial charge in [0.05, 0.1) is 20.3 Å². The Morgan fingerprint density at radius 1 is 0.886 bits per heavy atom. The maximum absolute atomic E-state index is 12.7. The fourth-order valence-corrected chi connectivity index (χ4v) is 4.29. The van der Waals surface area contributed by atoms with E-state index in [9.17, 15) is 4.79 Å². The zero-order chi connectivity index (χ0) is 25.2. The predicted molar refractivity (Wildman–Crippen MR) is 141 cm³/mol. The smallest absolute Gasteiger partial charge is 0.237 e. The van der Waals surface area contributed by atoms with E-state index in [1.54, 1.807) is 19.1 Å². The molecule has 0 bridgehead atoms. The molecule has 1 amide bonds. The lowest BCUT2D eigenvalue weighted by atomic mass is 9.88. The van der Waals surface area contributed by atoms with Gasteiger partial charge in [0.1, 0.15) is 11.6 Å². The van der Waals surface area contributed by atoms with Gasteiger partial charge >= 0.3 is 0 Å². The van der Waals surface area contributed by atoms with E-state index >= 15 is 0 Å². The van der Waals surface area contributed by atoms with E-state index in [0.717, 1.165) is 17.7 Å². The van der Waals surface area contributed by atoms with Crippen LogP contribution >= 0.6 is 11.6 Å². The van der Waals surface area contributed by atoms with Crippen LogP contribution in [-0.2, 0) is 11.3 Å². The summed E-state index contributed by atoms with van der Waals surface area (Å²) in [5.41, 5.74) is 3.33. The second-order valence-corrected chi connectivity index (χ2v) is 8.89. The van der Waals surface area contributed by atoms with E-state index in [4.69, 9.17) is 25.8 Å². The van der Waals surface area contributed by atoms with E-state index in [2.05, 4.69) is 24.3 Å². The summed E-state index contributed by atoms with van der Waals surface area (Å²) in [4.78, 5) is 14.6. The molecule has 0 N–H and O–H groups in total. The molecule has 0 saturated carbocycles. The Morgan fingerprint density at radius 2 is 1.54 bits per heavy atom. The summed E-state index contributed by atoms with van der Waals surface area (Å²) in [7, 11) is 3.21. The molecule has 0 unspecified atom stereocenters. The highest BCUT2D eigenvalue weighted by Gasteiger charge is 2.20. The lowest BCUT2D eigenvalue weighted by Gasteiger charge is -2.26. The number of halogens is 1. The molecule has 186 valence electrons. The van der Waals surface area contributed by atoms with Gasteiger partial charge in [-0.05, 0) is 61.2 Å². The van der Waals surface area contributed by atoms with Crippen molar-refractivity contribution in [1.29, 1.82) is 0 Å². The first kappa shape index (κ1) is 26.4. The number of nitrogens with zero attached hydrogens (tertiary/aromatic N) is 1. The van der Waals surface area contributed by atoms with E-state index in [1.165, 1.54) is 11.1 Å². The molecule has 0 spiro atoms. The molecule has 0 fully saturated rings. The number of carbonyl (C=O) groups is 1. The van der Waals surface area contributed by atoms with Crippen molar-refractivity contribution in [2.45, 2.75) is 38.8 Å². The standard InChI is InChI=1S/C29H34ClNO4/c1-21(2)35-25-13-11-24(12-14-25)26(23-8-6-5-7-9-23)16-17-31(29(32)19-30)20-22-10-15-27(33-3)28(18-22)34-4/h5-15,18,21,26H,16-17,19-20H2,1-4H3/t26-/m1/s1. The molecule has 0 aliphatic rings. The number of hydrogen-bond donors (Lipinski definition) is 0. The SMILES string of the molecule is COc1ccc(CN(CC[C@H](c2ccccc2)c2ccc(OC(C)C)cc2)C(=O)CCl)cc1OC. The van der Waals surface area contributed by atoms with Crippen LogP contribution in [0.25, 0.3) is 0 Å². The number of methoxy groups -OCH3 is 2. The summed E-state index contributed by atoms with van der Waals surface area (Å²) in [6, 6.07) is 24.3. The van der Waals surface area contributed by atoms with Gasteiger partial charge in [-0.3, -0.25) is 4.79 Å². The van der Waals surface area contributed by atoms with Crippen LogP contribution in [0.15, 0.2) is 72.8 Å². The third-order valence-corrected chi connectivity index (χ3v) is 6.06. The minimum Gasteiger partial charge on any atom is -0.493 e. The Hall–Kier alpha value is -3.18. The first-order valence-electron chi connectivity index (χ1n) is 11.8. The molecule has 0 saturated heterocycles. The van der Waals surface area contributed by atoms with Crippen LogP contribution in [-0.4, -0.2) is 43.6 Å². The summed E-state index contributed by atoms with van der Waals surface area (Å²) >= 11 is 5.98. The molecule has 0 aliphatic carbocycles. The number of amides is 1. The van der Waals surface area contributed by atoms with Crippen molar-refractivity contribution in [2.75, 3.05) is 26.6 Å². The first-order chi connectivity index (χ1) is 16.9. The lowest BCUT2D eigenvalue weighted by Crippen LogP contribution is -2.33. The molecule has 3 aromatic rings. The third-order valence-electron chi connectivity index (χ3n) is 5.83. The average molecular weight is 496 g/mol. The Balaban J connectivity index is 1.82. The summed E-state index contributed by atoms with van der Waals surface area (Å²) in [5.74, 6) is 2.09. The lowest BCUT2D eigenvalue weighted by molar-refractivity contribution is -0.129. The highest BCUT2D eigenvalue weighted by Crippen LogP contribution is 2.31. The van der Waals surface area contributed by atoms with Crippen molar-refractivity contribution in [3.8, 4) is 17.2 Å². The topological polar surface area (TPSA) is 48.0 Å². The number of carbonyl (C=O) groups excluding carboxylic acids is 1. The van der Waals surface area contributed by atoms with Gasteiger partial charge in [0.25, 0.3) is 0 Å². The fourth-order valence-electron chi connectivity index (χ4n) is 4.12. The van der Waals surface area contributed by atoms with Gasteiger partial charge in [-0.25, -0.2) is 0 Å². The highest BCUT2D eigenvalue weighted by atomic mass is 35.5. The van der Waals surface area contributed by atoms with Crippen molar-refractivity contribution in [1.82, 2.24) is 4.90 Å². The van der Waals surface area contributed by atoms with Gasteiger partial charge in [-0.2, -0.15) is 0 Å². The molecule has 1 atom stereocenters. The van der Waals surface area contributed by atoms with Crippen molar-refractivity contribution >= 4 is 17.5 Å². The van der Waals surface area contributed by atoms with Crippen LogP contribution in [0.4, 0.5) is 0 Å². The molecular weight excluding hydrogens is 462 g/mol. The normalized spacial score (nSPS) is 11.7. The van der Waals surface area contributed by atoms with Gasteiger partial charge in [0.2, 0.25) is 5.91 Å². The number of rotatable bonds is 12. The second-order valence-electron chi connectivity index (χ2n) is 8.63. The minimum atomic E-state index is -0.103. The molecule has 0 aromatic heterocycles. The number of ether oxygens (including phenoxy) is 3. The molecule has 3 rings (SSSR count). The maximum Gasteiger partial charge on any atom is 0.237 e. The largest absolute Gasteiger partial charge is 0.493 e. The molecule has 5 nitrogen and oxygen atoms in total. The summed E-state index contributed by atoms with van der Waals surface area (Å²) < 4.78 is 16.6. The monoisotopic (exact) mass is 495 g/mol. The van der Waals surface area contributed by atoms with Crippen LogP contribution < -0.4 is 14.2 Å². The molecule has 0 radical (unpaired) electrons. The molecule has 3 aromatic carbocycles. The quantitative estimate of drug-likeness (QED) is 0.277. The Bertz CT molecular complexity index is 1070. The zero-order valence-corrected chi connectivity index (χ0v) is 21.6. The maximum atomic E-state index is 12.7. The zero-order valence-electron chi connectivity index (χ0n) is 20.9. The van der Waals surface area contributed by atoms with Crippen LogP contribution in [0.1, 0.15) is 42.9 Å². The van der Waals surface area contributed by atoms with Crippen LogP contribution in [0.5, 0.6) is 17.2 Å². The summed E-state index contributed by atoms with van der Waals surface area (Å²) in [6.45, 7) is 5.03. The molecular formula is C29H34ClNO4. The van der Waals surface area contributed by atoms with Crippen molar-refractivity contribution in [2.24, 2.45) is 0 Å².